The van der Waals surface area contributed by atoms with Crippen molar-refractivity contribution in [2.75, 3.05) is 12.4 Å². The Bertz CT molecular complexity index is 1240. The van der Waals surface area contributed by atoms with E-state index in [1.807, 2.05) is 35.7 Å². The van der Waals surface area contributed by atoms with E-state index in [0.29, 0.717) is 21.9 Å². The zero-order chi connectivity index (χ0) is 19.5. The van der Waals surface area contributed by atoms with Gasteiger partial charge in [0.1, 0.15) is 5.75 Å². The smallest absolute Gasteiger partial charge is 0.417 e. The number of ether oxygens (including phenoxy) is 1. The highest BCUT2D eigenvalue weighted by Gasteiger charge is 2.09. The Morgan fingerprint density at radius 3 is 3.04 bits per heavy atom. The second-order valence-corrected chi connectivity index (χ2v) is 6.72. The van der Waals surface area contributed by atoms with Crippen molar-refractivity contribution < 1.29 is 13.9 Å². The zero-order valence-corrected chi connectivity index (χ0v) is 15.6. The van der Waals surface area contributed by atoms with E-state index in [1.165, 1.54) is 17.4 Å². The first-order valence-corrected chi connectivity index (χ1v) is 9.20. The van der Waals surface area contributed by atoms with Crippen LogP contribution in [0.4, 0.5) is 5.13 Å². The summed E-state index contributed by atoms with van der Waals surface area (Å²) in [4.78, 5) is 30.4. The standard InChI is InChI=1S/C20H15N3O4S/c1-26-14-4-2-3-12(9-14)5-8-18(24)23-19-21-16(11-28-19)13-6-7-15-17(10-13)27-20(25)22-15/h2-11H,1H3,(H,22,25)(H,21,23,24)/b8-5+. The van der Waals surface area contributed by atoms with Gasteiger partial charge in [0.25, 0.3) is 0 Å². The van der Waals surface area contributed by atoms with Gasteiger partial charge in [-0.1, -0.05) is 18.2 Å². The first-order chi connectivity index (χ1) is 13.6. The lowest BCUT2D eigenvalue weighted by Crippen LogP contribution is -2.07. The molecule has 0 spiro atoms. The number of carbonyl (C=O) groups is 1. The fourth-order valence-corrected chi connectivity index (χ4v) is 3.36. The molecule has 8 heteroatoms. The van der Waals surface area contributed by atoms with Gasteiger partial charge in [-0.05, 0) is 35.9 Å². The molecule has 0 bridgehead atoms. The van der Waals surface area contributed by atoms with Gasteiger partial charge in [0.05, 0.1) is 18.3 Å². The number of aromatic amines is 1. The number of oxazole rings is 1. The fraction of sp³-hybridized carbons (Fsp3) is 0.0500. The SMILES string of the molecule is COc1cccc(/C=C/C(=O)Nc2nc(-c3ccc4[nH]c(=O)oc4c3)cs2)c1. The van der Waals surface area contributed by atoms with Crippen LogP contribution in [0.25, 0.3) is 28.4 Å². The quantitative estimate of drug-likeness (QED) is 0.501. The van der Waals surface area contributed by atoms with Crippen molar-refractivity contribution in [2.45, 2.75) is 0 Å². The summed E-state index contributed by atoms with van der Waals surface area (Å²) in [6.07, 6.45) is 3.14. The van der Waals surface area contributed by atoms with Crippen LogP contribution in [0.2, 0.25) is 0 Å². The Morgan fingerprint density at radius 2 is 2.18 bits per heavy atom. The number of carbonyl (C=O) groups excluding carboxylic acids is 1. The van der Waals surface area contributed by atoms with Gasteiger partial charge in [0.2, 0.25) is 5.91 Å². The molecule has 4 rings (SSSR count). The highest BCUT2D eigenvalue weighted by atomic mass is 32.1. The van der Waals surface area contributed by atoms with Crippen LogP contribution < -0.4 is 15.8 Å². The Kier molecular flexibility index (Phi) is 4.77. The molecular formula is C20H15N3O4S. The molecule has 0 saturated heterocycles. The Morgan fingerprint density at radius 1 is 1.29 bits per heavy atom. The van der Waals surface area contributed by atoms with Crippen LogP contribution in [-0.2, 0) is 4.79 Å². The summed E-state index contributed by atoms with van der Waals surface area (Å²) in [6.45, 7) is 0. The van der Waals surface area contributed by atoms with Crippen molar-refractivity contribution in [3.63, 3.8) is 0 Å². The number of anilines is 1. The predicted molar refractivity (Wildman–Crippen MR) is 109 cm³/mol. The zero-order valence-electron chi connectivity index (χ0n) is 14.8. The number of fused-ring (bicyclic) bond motifs is 1. The van der Waals surface area contributed by atoms with Crippen LogP contribution >= 0.6 is 11.3 Å². The Balaban J connectivity index is 1.46. The van der Waals surface area contributed by atoms with Crippen molar-refractivity contribution >= 4 is 39.6 Å². The molecule has 0 aliphatic heterocycles. The largest absolute Gasteiger partial charge is 0.497 e. The molecule has 2 heterocycles. The lowest BCUT2D eigenvalue weighted by Gasteiger charge is -2.00. The molecule has 0 unspecified atom stereocenters. The average Bonchev–Trinajstić information content (AvgIpc) is 3.31. The third kappa shape index (κ3) is 3.86. The monoisotopic (exact) mass is 393 g/mol. The highest BCUT2D eigenvalue weighted by Crippen LogP contribution is 2.27. The van der Waals surface area contributed by atoms with Crippen LogP contribution in [0.1, 0.15) is 5.56 Å². The summed E-state index contributed by atoms with van der Waals surface area (Å²) in [7, 11) is 1.59. The van der Waals surface area contributed by atoms with Gasteiger partial charge in [-0.2, -0.15) is 0 Å². The molecule has 0 fully saturated rings. The number of hydrogen-bond acceptors (Lipinski definition) is 6. The predicted octanol–water partition coefficient (Wildman–Crippen LogP) is 3.91. The molecule has 2 aromatic heterocycles. The third-order valence-corrected chi connectivity index (χ3v) is 4.73. The highest BCUT2D eigenvalue weighted by molar-refractivity contribution is 7.14. The number of nitrogens with zero attached hydrogens (tertiary/aromatic N) is 1. The summed E-state index contributed by atoms with van der Waals surface area (Å²) in [6, 6.07) is 12.7. The molecule has 2 aromatic carbocycles. The lowest BCUT2D eigenvalue weighted by molar-refractivity contribution is -0.111. The van der Waals surface area contributed by atoms with Crippen molar-refractivity contribution in [1.29, 1.82) is 0 Å². The minimum atomic E-state index is -0.499. The molecule has 0 saturated carbocycles. The fourth-order valence-electron chi connectivity index (χ4n) is 2.63. The summed E-state index contributed by atoms with van der Waals surface area (Å²) in [5, 5.41) is 5.05. The van der Waals surface area contributed by atoms with E-state index < -0.39 is 5.76 Å². The van der Waals surface area contributed by atoms with Crippen molar-refractivity contribution in [1.82, 2.24) is 9.97 Å². The second-order valence-electron chi connectivity index (χ2n) is 5.86. The number of methoxy groups -OCH3 is 1. The first-order valence-electron chi connectivity index (χ1n) is 8.32. The Hall–Kier alpha value is -3.65. The molecule has 4 aromatic rings. The van der Waals surface area contributed by atoms with Gasteiger partial charge in [-0.25, -0.2) is 9.78 Å². The third-order valence-electron chi connectivity index (χ3n) is 3.97. The van der Waals surface area contributed by atoms with Gasteiger partial charge < -0.3 is 9.15 Å². The summed E-state index contributed by atoms with van der Waals surface area (Å²) >= 11 is 1.31. The number of amides is 1. The van der Waals surface area contributed by atoms with Crippen molar-refractivity contribution in [3.05, 3.63) is 70.0 Å². The number of hydrogen-bond donors (Lipinski definition) is 2. The van der Waals surface area contributed by atoms with Gasteiger partial charge in [-0.15, -0.1) is 11.3 Å². The van der Waals surface area contributed by atoms with E-state index in [0.717, 1.165) is 16.9 Å². The second kappa shape index (κ2) is 7.53. The molecule has 0 aliphatic rings. The molecule has 0 aliphatic carbocycles. The molecular weight excluding hydrogens is 378 g/mol. The molecule has 1 amide bonds. The van der Waals surface area contributed by atoms with E-state index in [2.05, 4.69) is 15.3 Å². The molecule has 7 nitrogen and oxygen atoms in total. The summed E-state index contributed by atoms with van der Waals surface area (Å²) < 4.78 is 10.2. The number of H-pyrrole nitrogens is 1. The van der Waals surface area contributed by atoms with E-state index in [-0.39, 0.29) is 5.91 Å². The molecule has 28 heavy (non-hydrogen) atoms. The minimum absolute atomic E-state index is 0.282. The van der Waals surface area contributed by atoms with Crippen LogP contribution in [0.5, 0.6) is 5.75 Å². The van der Waals surface area contributed by atoms with Crippen molar-refractivity contribution in [2.24, 2.45) is 0 Å². The average molecular weight is 393 g/mol. The van der Waals surface area contributed by atoms with E-state index >= 15 is 0 Å². The maximum absolute atomic E-state index is 12.1. The van der Waals surface area contributed by atoms with E-state index in [9.17, 15) is 9.59 Å². The number of benzene rings is 2. The molecule has 0 radical (unpaired) electrons. The molecule has 140 valence electrons. The topological polar surface area (TPSA) is 97.2 Å². The lowest BCUT2D eigenvalue weighted by atomic mass is 10.1. The number of aromatic nitrogens is 2. The molecule has 0 atom stereocenters. The van der Waals surface area contributed by atoms with Crippen LogP contribution in [0.15, 0.2) is 63.1 Å². The maximum Gasteiger partial charge on any atom is 0.417 e. The van der Waals surface area contributed by atoms with Gasteiger partial charge >= 0.3 is 5.76 Å². The Labute approximate surface area is 163 Å². The van der Waals surface area contributed by atoms with Gasteiger partial charge in [0.15, 0.2) is 10.7 Å². The van der Waals surface area contributed by atoms with Crippen LogP contribution in [0, 0.1) is 0 Å². The van der Waals surface area contributed by atoms with Gasteiger partial charge in [0, 0.05) is 17.0 Å². The summed E-state index contributed by atoms with van der Waals surface area (Å²) in [5.74, 6) is -0.0562. The number of rotatable bonds is 5. The van der Waals surface area contributed by atoms with Crippen molar-refractivity contribution in [3.8, 4) is 17.0 Å². The minimum Gasteiger partial charge on any atom is -0.497 e. The molecule has 2 N–H and O–H groups in total. The normalized spacial score (nSPS) is 11.2. The van der Waals surface area contributed by atoms with Crippen LogP contribution in [-0.4, -0.2) is 23.0 Å². The van der Waals surface area contributed by atoms with Gasteiger partial charge in [-0.3, -0.25) is 15.1 Å². The van der Waals surface area contributed by atoms with E-state index in [1.54, 1.807) is 25.3 Å². The number of nitrogens with one attached hydrogen (secondary N) is 2. The van der Waals surface area contributed by atoms with E-state index in [4.69, 9.17) is 9.15 Å². The first kappa shape index (κ1) is 17.7. The maximum atomic E-state index is 12.1. The number of thiazole rings is 1. The summed E-state index contributed by atoms with van der Waals surface area (Å²) in [5.41, 5.74) is 3.42. The van der Waals surface area contributed by atoms with Crippen LogP contribution in [0.3, 0.4) is 0 Å².